The van der Waals surface area contributed by atoms with E-state index in [9.17, 15) is 18.7 Å². The first-order valence-electron chi connectivity index (χ1n) is 12.2. The second-order valence-corrected chi connectivity index (χ2v) is 9.13. The van der Waals surface area contributed by atoms with Crippen molar-refractivity contribution < 1.29 is 23.4 Å². The van der Waals surface area contributed by atoms with Crippen LogP contribution in [0.5, 0.6) is 5.75 Å². The van der Waals surface area contributed by atoms with E-state index in [0.717, 1.165) is 28.6 Å². The monoisotopic (exact) mass is 485 g/mol. The van der Waals surface area contributed by atoms with E-state index in [1.807, 2.05) is 25.1 Å². The molecule has 6 nitrogen and oxygen atoms in total. The number of hydrogen-bond acceptors (Lipinski definition) is 4. The average Bonchev–Trinajstić information content (AvgIpc) is 3.20. The number of ether oxygens (including phenoxy) is 1. The highest BCUT2D eigenvalue weighted by atomic mass is 19.1. The zero-order valence-electron chi connectivity index (χ0n) is 20.2. The van der Waals surface area contributed by atoms with Gasteiger partial charge in [-0.3, -0.25) is 14.1 Å². The number of halogens is 2. The van der Waals surface area contributed by atoms with Crippen molar-refractivity contribution in [1.29, 1.82) is 0 Å². The van der Waals surface area contributed by atoms with Gasteiger partial charge in [-0.15, -0.1) is 0 Å². The molecule has 0 amide bonds. The van der Waals surface area contributed by atoms with Gasteiger partial charge >= 0.3 is 5.97 Å². The number of carboxylic acid groups (broad SMARTS) is 1. The third-order valence-corrected chi connectivity index (χ3v) is 6.81. The van der Waals surface area contributed by atoms with Crippen LogP contribution in [0.25, 0.3) is 10.9 Å². The van der Waals surface area contributed by atoms with Crippen molar-refractivity contribution in [1.82, 2.24) is 15.2 Å². The third kappa shape index (κ3) is 5.33. The second kappa shape index (κ2) is 11.2. The topological polar surface area (TPSA) is 77.6 Å². The summed E-state index contributed by atoms with van der Waals surface area (Å²) in [7, 11) is 0. The summed E-state index contributed by atoms with van der Waals surface area (Å²) in [5.41, 5.74) is 4.84. The minimum Gasteiger partial charge on any atom is -0.489 e. The fraction of sp³-hybridized carbons (Fsp3) is 0.444. The van der Waals surface area contributed by atoms with Crippen LogP contribution < -0.4 is 10.1 Å². The Labute approximate surface area is 204 Å². The van der Waals surface area contributed by atoms with Crippen molar-refractivity contribution >= 4 is 16.9 Å². The number of aliphatic carboxylic acids is 1. The molecule has 1 aromatic heterocycles. The van der Waals surface area contributed by atoms with Crippen LogP contribution in [0.3, 0.4) is 0 Å². The molecule has 0 radical (unpaired) electrons. The number of aromatic nitrogens is 1. The lowest BCUT2D eigenvalue weighted by Gasteiger charge is -2.41. The molecule has 0 fully saturated rings. The van der Waals surface area contributed by atoms with E-state index in [4.69, 9.17) is 4.74 Å². The number of carboxylic acids is 1. The number of alkyl halides is 1. The molecule has 0 aliphatic carbocycles. The van der Waals surface area contributed by atoms with Gasteiger partial charge in [0.15, 0.2) is 11.6 Å². The molecule has 3 N–H and O–H groups in total. The standard InChI is InChI=1S/C27H33F2N3O3/c1-17-16-21-20-6-3-4-7-23(20)31-25(21)26(32(17)14-10-24(33)34)19-8-9-22(29)27(18(19)2)35-15-13-30-12-5-11-28/h3-4,6-9,17,26,30-31H,5,10-16H2,1-2H3,(H,33,34)/t17-,26-/m1/s1. The van der Waals surface area contributed by atoms with Crippen LogP contribution in [0, 0.1) is 12.7 Å². The Balaban J connectivity index is 1.71. The first-order valence-corrected chi connectivity index (χ1v) is 12.2. The summed E-state index contributed by atoms with van der Waals surface area (Å²) >= 11 is 0. The van der Waals surface area contributed by atoms with E-state index < -0.39 is 11.8 Å². The van der Waals surface area contributed by atoms with Gasteiger partial charge in [-0.05, 0) is 62.1 Å². The molecule has 188 valence electrons. The van der Waals surface area contributed by atoms with Crippen molar-refractivity contribution in [2.45, 2.75) is 45.2 Å². The fourth-order valence-electron chi connectivity index (χ4n) is 5.10. The normalized spacial score (nSPS) is 18.1. The van der Waals surface area contributed by atoms with Gasteiger partial charge in [0.25, 0.3) is 0 Å². The minimum absolute atomic E-state index is 0.0184. The van der Waals surface area contributed by atoms with Crippen molar-refractivity contribution in [3.63, 3.8) is 0 Å². The van der Waals surface area contributed by atoms with Crippen LogP contribution >= 0.6 is 0 Å². The SMILES string of the molecule is Cc1c([C@@H]2c3[nH]c4ccccc4c3C[C@@H](C)N2CCC(=O)O)ccc(F)c1OCCNCCCF. The first-order chi connectivity index (χ1) is 16.9. The van der Waals surface area contributed by atoms with Gasteiger partial charge in [-0.2, -0.15) is 0 Å². The maximum atomic E-state index is 14.8. The van der Waals surface area contributed by atoms with Gasteiger partial charge in [0.2, 0.25) is 0 Å². The number of rotatable bonds is 11. The van der Waals surface area contributed by atoms with Crippen LogP contribution in [0.1, 0.15) is 48.2 Å². The molecule has 4 rings (SSSR count). The summed E-state index contributed by atoms with van der Waals surface area (Å²) in [6.45, 7) is 5.25. The molecule has 3 aromatic rings. The number of benzene rings is 2. The molecule has 0 unspecified atom stereocenters. The van der Waals surface area contributed by atoms with Gasteiger partial charge in [-0.25, -0.2) is 4.39 Å². The maximum absolute atomic E-state index is 14.8. The Morgan fingerprint density at radius 1 is 1.26 bits per heavy atom. The quantitative estimate of drug-likeness (QED) is 0.342. The number of nitrogens with one attached hydrogen (secondary N) is 2. The number of aromatic amines is 1. The summed E-state index contributed by atoms with van der Waals surface area (Å²) in [6.07, 6.45) is 1.25. The summed E-state index contributed by atoms with van der Waals surface area (Å²) in [5, 5.41) is 13.6. The van der Waals surface area contributed by atoms with Crippen molar-refractivity contribution in [3.05, 3.63) is 64.6 Å². The number of nitrogens with zero attached hydrogens (tertiary/aromatic N) is 1. The molecule has 1 aliphatic heterocycles. The van der Waals surface area contributed by atoms with E-state index in [2.05, 4.69) is 28.2 Å². The first kappa shape index (κ1) is 25.1. The van der Waals surface area contributed by atoms with Crippen LogP contribution in [0.2, 0.25) is 0 Å². The number of hydrogen-bond donors (Lipinski definition) is 3. The van der Waals surface area contributed by atoms with Crippen molar-refractivity contribution in [3.8, 4) is 5.75 Å². The Hall–Kier alpha value is -2.97. The number of para-hydroxylation sites is 1. The number of H-pyrrole nitrogens is 1. The van der Waals surface area contributed by atoms with Crippen molar-refractivity contribution in [2.24, 2.45) is 0 Å². The van der Waals surface area contributed by atoms with Gasteiger partial charge in [-0.1, -0.05) is 24.3 Å². The fourth-order valence-corrected chi connectivity index (χ4v) is 5.10. The largest absolute Gasteiger partial charge is 0.489 e. The Kier molecular flexibility index (Phi) is 8.03. The molecule has 1 aliphatic rings. The van der Waals surface area contributed by atoms with Crippen LogP contribution in [0.4, 0.5) is 8.78 Å². The van der Waals surface area contributed by atoms with E-state index >= 15 is 0 Å². The highest BCUT2D eigenvalue weighted by Gasteiger charge is 2.37. The van der Waals surface area contributed by atoms with E-state index in [1.54, 1.807) is 6.07 Å². The Morgan fingerprint density at radius 3 is 2.83 bits per heavy atom. The van der Waals surface area contributed by atoms with Crippen LogP contribution in [-0.4, -0.2) is 59.9 Å². The number of fused-ring (bicyclic) bond motifs is 3. The molecule has 35 heavy (non-hydrogen) atoms. The summed E-state index contributed by atoms with van der Waals surface area (Å²) in [6, 6.07) is 11.2. The molecule has 0 spiro atoms. The lowest BCUT2D eigenvalue weighted by Crippen LogP contribution is -2.43. The van der Waals surface area contributed by atoms with Crippen LogP contribution in [0.15, 0.2) is 36.4 Å². The van der Waals surface area contributed by atoms with E-state index in [-0.39, 0.29) is 37.5 Å². The summed E-state index contributed by atoms with van der Waals surface area (Å²) in [4.78, 5) is 17.2. The molecule has 2 heterocycles. The van der Waals surface area contributed by atoms with Crippen LogP contribution in [-0.2, 0) is 11.2 Å². The van der Waals surface area contributed by atoms with Gasteiger partial charge < -0.3 is 20.1 Å². The molecule has 0 bridgehead atoms. The van der Waals surface area contributed by atoms with Gasteiger partial charge in [0.1, 0.15) is 6.61 Å². The third-order valence-electron chi connectivity index (χ3n) is 6.81. The van der Waals surface area contributed by atoms with Crippen molar-refractivity contribution in [2.75, 3.05) is 32.9 Å². The van der Waals surface area contributed by atoms with E-state index in [1.165, 1.54) is 11.6 Å². The van der Waals surface area contributed by atoms with E-state index in [0.29, 0.717) is 31.6 Å². The number of carbonyl (C=O) groups is 1. The minimum atomic E-state index is -0.849. The molecular weight excluding hydrogens is 452 g/mol. The zero-order valence-corrected chi connectivity index (χ0v) is 20.2. The van der Waals surface area contributed by atoms with Gasteiger partial charge in [0.05, 0.1) is 19.1 Å². The smallest absolute Gasteiger partial charge is 0.304 e. The molecule has 0 saturated heterocycles. The zero-order chi connectivity index (χ0) is 24.9. The maximum Gasteiger partial charge on any atom is 0.304 e. The highest BCUT2D eigenvalue weighted by Crippen LogP contribution is 2.43. The Morgan fingerprint density at radius 2 is 2.06 bits per heavy atom. The highest BCUT2D eigenvalue weighted by molar-refractivity contribution is 5.85. The summed E-state index contributed by atoms with van der Waals surface area (Å²) in [5.74, 6) is -1.09. The average molecular weight is 486 g/mol. The summed E-state index contributed by atoms with van der Waals surface area (Å²) < 4.78 is 32.9. The lowest BCUT2D eigenvalue weighted by molar-refractivity contribution is -0.137. The Bertz CT molecular complexity index is 1180. The molecule has 2 aromatic carbocycles. The molecule has 2 atom stereocenters. The predicted octanol–water partition coefficient (Wildman–Crippen LogP) is 4.75. The molecule has 0 saturated carbocycles. The lowest BCUT2D eigenvalue weighted by atomic mass is 9.86. The second-order valence-electron chi connectivity index (χ2n) is 9.13. The molecular formula is C27H33F2N3O3. The molecule has 8 heteroatoms. The van der Waals surface area contributed by atoms with Gasteiger partial charge in [0, 0.05) is 35.7 Å². The predicted molar refractivity (Wildman–Crippen MR) is 132 cm³/mol.